The molecule has 2 N–H and O–H groups in total. The first-order valence-corrected chi connectivity index (χ1v) is 9.21. The Morgan fingerprint density at radius 1 is 0.966 bits per heavy atom. The second kappa shape index (κ2) is 11.3. The predicted octanol–water partition coefficient (Wildman–Crippen LogP) is 2.26. The zero-order chi connectivity index (χ0) is 21.1. The molecule has 0 spiro atoms. The fourth-order valence-corrected chi connectivity index (χ4v) is 2.38. The second-order valence-corrected chi connectivity index (χ2v) is 5.80. The van der Waals surface area contributed by atoms with E-state index in [1.54, 1.807) is 49.6 Å². The number of hydrogen-bond acceptors (Lipinski definition) is 6. The molecule has 0 heterocycles. The van der Waals surface area contributed by atoms with Crippen LogP contribution in [-0.4, -0.2) is 38.4 Å². The molecule has 2 amide bonds. The van der Waals surface area contributed by atoms with Gasteiger partial charge in [-0.25, -0.2) is 5.43 Å². The van der Waals surface area contributed by atoms with Crippen molar-refractivity contribution in [1.82, 2.24) is 10.7 Å². The molecule has 8 nitrogen and oxygen atoms in total. The number of rotatable bonds is 9. The first kappa shape index (κ1) is 21.7. The van der Waals surface area contributed by atoms with Gasteiger partial charge < -0.3 is 19.5 Å². The van der Waals surface area contributed by atoms with Crippen molar-refractivity contribution in [2.24, 2.45) is 5.10 Å². The summed E-state index contributed by atoms with van der Waals surface area (Å²) in [5.74, 6) is 0.316. The molecule has 0 radical (unpaired) electrons. The summed E-state index contributed by atoms with van der Waals surface area (Å²) >= 11 is 0. The minimum absolute atomic E-state index is 0.216. The van der Waals surface area contributed by atoms with E-state index >= 15 is 0 Å². The molecule has 0 saturated carbocycles. The van der Waals surface area contributed by atoms with Gasteiger partial charge >= 0.3 is 11.8 Å². The molecule has 0 saturated heterocycles. The minimum atomic E-state index is -0.862. The van der Waals surface area contributed by atoms with E-state index in [1.165, 1.54) is 6.21 Å². The van der Waals surface area contributed by atoms with Gasteiger partial charge in [-0.3, -0.25) is 9.59 Å². The average Bonchev–Trinajstić information content (AvgIpc) is 2.74. The molecule has 0 aromatic heterocycles. The van der Waals surface area contributed by atoms with E-state index in [1.807, 2.05) is 13.8 Å². The highest BCUT2D eigenvalue weighted by Gasteiger charge is 2.12. The third kappa shape index (κ3) is 6.84. The topological polar surface area (TPSA) is 98.2 Å². The van der Waals surface area contributed by atoms with Crippen molar-refractivity contribution in [2.45, 2.75) is 20.4 Å². The lowest BCUT2D eigenvalue weighted by molar-refractivity contribution is -0.139. The van der Waals surface area contributed by atoms with E-state index in [4.69, 9.17) is 14.2 Å². The van der Waals surface area contributed by atoms with Crippen molar-refractivity contribution in [2.75, 3.05) is 20.3 Å². The van der Waals surface area contributed by atoms with Crippen LogP contribution in [0.5, 0.6) is 17.2 Å². The lowest BCUT2D eigenvalue weighted by Gasteiger charge is -2.10. The summed E-state index contributed by atoms with van der Waals surface area (Å²) in [6.45, 7) is 4.98. The van der Waals surface area contributed by atoms with E-state index in [-0.39, 0.29) is 6.54 Å². The van der Waals surface area contributed by atoms with Gasteiger partial charge in [0.05, 0.1) is 26.5 Å². The van der Waals surface area contributed by atoms with Crippen LogP contribution in [0.15, 0.2) is 47.6 Å². The lowest BCUT2D eigenvalue weighted by atomic mass is 10.2. The summed E-state index contributed by atoms with van der Waals surface area (Å²) in [6.07, 6.45) is 1.41. The van der Waals surface area contributed by atoms with E-state index in [2.05, 4.69) is 15.8 Å². The SMILES string of the molecule is CCOc1ccc(/C=N\NC(=O)C(=O)NCc2ccc(OC)cc2)c(OCC)c1. The largest absolute Gasteiger partial charge is 0.497 e. The molecule has 0 unspecified atom stereocenters. The van der Waals surface area contributed by atoms with E-state index in [0.717, 1.165) is 5.56 Å². The van der Waals surface area contributed by atoms with Crippen LogP contribution in [0, 0.1) is 0 Å². The van der Waals surface area contributed by atoms with Crippen LogP contribution >= 0.6 is 0 Å². The maximum atomic E-state index is 11.9. The molecule has 2 rings (SSSR count). The summed E-state index contributed by atoms with van der Waals surface area (Å²) in [6, 6.07) is 12.4. The number of hydrogen-bond donors (Lipinski definition) is 2. The molecule has 0 bridgehead atoms. The molecule has 0 aliphatic rings. The fraction of sp³-hybridized carbons (Fsp3) is 0.286. The molecule has 154 valence electrons. The zero-order valence-corrected chi connectivity index (χ0v) is 16.7. The van der Waals surface area contributed by atoms with Gasteiger partial charge in [-0.2, -0.15) is 5.10 Å². The molecule has 8 heteroatoms. The maximum absolute atomic E-state index is 11.9. The van der Waals surface area contributed by atoms with Gasteiger partial charge in [0.15, 0.2) is 0 Å². The third-order valence-electron chi connectivity index (χ3n) is 3.78. The lowest BCUT2D eigenvalue weighted by Crippen LogP contribution is -2.37. The summed E-state index contributed by atoms with van der Waals surface area (Å²) in [5, 5.41) is 6.37. The molecule has 2 aromatic carbocycles. The van der Waals surface area contributed by atoms with Crippen LogP contribution in [0.3, 0.4) is 0 Å². The van der Waals surface area contributed by atoms with Gasteiger partial charge in [0.2, 0.25) is 0 Å². The molecule has 2 aromatic rings. The van der Waals surface area contributed by atoms with Crippen molar-refractivity contribution in [3.8, 4) is 17.2 Å². The highest BCUT2D eigenvalue weighted by atomic mass is 16.5. The van der Waals surface area contributed by atoms with Crippen molar-refractivity contribution in [3.63, 3.8) is 0 Å². The first-order chi connectivity index (χ1) is 14.1. The number of hydrazone groups is 1. The molecule has 0 aliphatic carbocycles. The van der Waals surface area contributed by atoms with Crippen LogP contribution in [0.2, 0.25) is 0 Å². The molecular formula is C21H25N3O5. The number of amides is 2. The Morgan fingerprint density at radius 2 is 1.66 bits per heavy atom. The van der Waals surface area contributed by atoms with Crippen molar-refractivity contribution < 1.29 is 23.8 Å². The van der Waals surface area contributed by atoms with Gasteiger partial charge in [-0.15, -0.1) is 0 Å². The van der Waals surface area contributed by atoms with Crippen LogP contribution in [-0.2, 0) is 16.1 Å². The van der Waals surface area contributed by atoms with Crippen LogP contribution < -0.4 is 25.0 Å². The Kier molecular flexibility index (Phi) is 8.50. The number of benzene rings is 2. The van der Waals surface area contributed by atoms with Gasteiger partial charge in [0.1, 0.15) is 17.2 Å². The molecule has 0 aliphatic heterocycles. The fourth-order valence-electron chi connectivity index (χ4n) is 2.38. The highest BCUT2D eigenvalue weighted by Crippen LogP contribution is 2.23. The number of carbonyl (C=O) groups is 2. The molecular weight excluding hydrogens is 374 g/mol. The number of ether oxygens (including phenoxy) is 3. The molecule has 29 heavy (non-hydrogen) atoms. The van der Waals surface area contributed by atoms with Crippen molar-refractivity contribution >= 4 is 18.0 Å². The van der Waals surface area contributed by atoms with Gasteiger partial charge in [-0.05, 0) is 43.7 Å². The van der Waals surface area contributed by atoms with E-state index < -0.39 is 11.8 Å². The van der Waals surface area contributed by atoms with Crippen molar-refractivity contribution in [3.05, 3.63) is 53.6 Å². The Morgan fingerprint density at radius 3 is 2.31 bits per heavy atom. The summed E-state index contributed by atoms with van der Waals surface area (Å²) in [7, 11) is 1.58. The van der Waals surface area contributed by atoms with Gasteiger partial charge in [0, 0.05) is 18.2 Å². The number of nitrogens with one attached hydrogen (secondary N) is 2. The van der Waals surface area contributed by atoms with E-state index in [9.17, 15) is 9.59 Å². The second-order valence-electron chi connectivity index (χ2n) is 5.80. The Labute approximate surface area is 169 Å². The predicted molar refractivity (Wildman–Crippen MR) is 109 cm³/mol. The van der Waals surface area contributed by atoms with E-state index in [0.29, 0.717) is 36.0 Å². The van der Waals surface area contributed by atoms with Gasteiger partial charge in [0.25, 0.3) is 0 Å². The smallest absolute Gasteiger partial charge is 0.329 e. The standard InChI is InChI=1S/C21H25N3O5/c1-4-28-18-11-8-16(19(12-18)29-5-2)14-23-24-21(26)20(25)22-13-15-6-9-17(27-3)10-7-15/h6-12,14H,4-5,13H2,1-3H3,(H,22,25)(H,24,26)/b23-14-. The number of nitrogens with zero attached hydrogens (tertiary/aromatic N) is 1. The van der Waals surface area contributed by atoms with Crippen LogP contribution in [0.1, 0.15) is 25.0 Å². The quantitative estimate of drug-likeness (QED) is 0.383. The maximum Gasteiger partial charge on any atom is 0.329 e. The normalized spacial score (nSPS) is 10.4. The highest BCUT2D eigenvalue weighted by molar-refractivity contribution is 6.35. The summed E-state index contributed by atoms with van der Waals surface area (Å²) in [4.78, 5) is 23.8. The van der Waals surface area contributed by atoms with Gasteiger partial charge in [-0.1, -0.05) is 12.1 Å². The number of methoxy groups -OCH3 is 1. The summed E-state index contributed by atoms with van der Waals surface area (Å²) < 4.78 is 16.1. The third-order valence-corrected chi connectivity index (χ3v) is 3.78. The zero-order valence-electron chi connectivity index (χ0n) is 16.7. The molecule has 0 atom stereocenters. The Bertz CT molecular complexity index is 850. The van der Waals surface area contributed by atoms with Crippen LogP contribution in [0.4, 0.5) is 0 Å². The average molecular weight is 399 g/mol. The van der Waals surface area contributed by atoms with Crippen molar-refractivity contribution in [1.29, 1.82) is 0 Å². The Balaban J connectivity index is 1.89. The summed E-state index contributed by atoms with van der Waals surface area (Å²) in [5.41, 5.74) is 3.69. The monoisotopic (exact) mass is 399 g/mol. The van der Waals surface area contributed by atoms with Crippen LogP contribution in [0.25, 0.3) is 0 Å². The number of carbonyl (C=O) groups excluding carboxylic acids is 2. The minimum Gasteiger partial charge on any atom is -0.497 e. The molecule has 0 fully saturated rings. The Hall–Kier alpha value is -3.55. The first-order valence-electron chi connectivity index (χ1n) is 9.21.